The van der Waals surface area contributed by atoms with Crippen molar-refractivity contribution in [3.8, 4) is 0 Å². The molecule has 3 rings (SSSR count). The smallest absolute Gasteiger partial charge is 0.258 e. The minimum absolute atomic E-state index is 0.0294. The summed E-state index contributed by atoms with van der Waals surface area (Å²) in [5.41, 5.74) is 2.72. The molecule has 0 bridgehead atoms. The average Bonchev–Trinajstić information content (AvgIpc) is 2.47. The van der Waals surface area contributed by atoms with E-state index in [4.69, 9.17) is 0 Å². The Kier molecular flexibility index (Phi) is 3.45. The molecule has 1 amide bonds. The molecule has 2 aromatic carbocycles. The molecule has 1 heterocycles. The number of halogens is 1. The lowest BCUT2D eigenvalue weighted by Crippen LogP contribution is -2.39. The molecular formula is C17H14BrNO. The minimum atomic E-state index is 0.0294. The molecule has 0 spiro atoms. The monoisotopic (exact) mass is 327 g/mol. The Bertz CT molecular complexity index is 679. The second-order valence-corrected chi connectivity index (χ2v) is 5.76. The second-order valence-electron chi connectivity index (χ2n) is 4.84. The van der Waals surface area contributed by atoms with Gasteiger partial charge in [0.2, 0.25) is 0 Å². The standard InChI is InChI=1S/C17H14BrNO/c1-12-7-8-13-9-10-15(18)11-16(13)19(12)17(20)14-5-3-2-4-6-14/h2-12H,1H3. The van der Waals surface area contributed by atoms with Gasteiger partial charge in [0.15, 0.2) is 0 Å². The van der Waals surface area contributed by atoms with Gasteiger partial charge in [-0.05, 0) is 36.8 Å². The van der Waals surface area contributed by atoms with Crippen molar-refractivity contribution in [1.82, 2.24) is 0 Å². The van der Waals surface area contributed by atoms with Gasteiger partial charge in [0.05, 0.1) is 11.7 Å². The Hall–Kier alpha value is -1.87. The highest BCUT2D eigenvalue weighted by atomic mass is 79.9. The summed E-state index contributed by atoms with van der Waals surface area (Å²) in [5.74, 6) is 0.0294. The molecule has 0 aromatic heterocycles. The highest BCUT2D eigenvalue weighted by Gasteiger charge is 2.26. The van der Waals surface area contributed by atoms with Crippen molar-refractivity contribution < 1.29 is 4.79 Å². The fraction of sp³-hybridized carbons (Fsp3) is 0.118. The lowest BCUT2D eigenvalue weighted by Gasteiger charge is -2.32. The number of rotatable bonds is 1. The fourth-order valence-corrected chi connectivity index (χ4v) is 2.78. The van der Waals surface area contributed by atoms with E-state index in [0.717, 1.165) is 15.7 Å². The average molecular weight is 328 g/mol. The maximum absolute atomic E-state index is 12.8. The van der Waals surface area contributed by atoms with Gasteiger partial charge in [-0.3, -0.25) is 4.79 Å². The third kappa shape index (κ3) is 2.29. The number of hydrogen-bond donors (Lipinski definition) is 0. The summed E-state index contributed by atoms with van der Waals surface area (Å²) in [5, 5.41) is 0. The molecule has 3 heteroatoms. The lowest BCUT2D eigenvalue weighted by molar-refractivity contribution is 0.0982. The normalized spacial score (nSPS) is 16.9. The van der Waals surface area contributed by atoms with E-state index in [9.17, 15) is 4.79 Å². The van der Waals surface area contributed by atoms with Crippen LogP contribution in [0.2, 0.25) is 0 Å². The summed E-state index contributed by atoms with van der Waals surface area (Å²) in [7, 11) is 0. The molecule has 0 saturated heterocycles. The molecule has 0 aliphatic carbocycles. The molecule has 2 aromatic rings. The van der Waals surface area contributed by atoms with E-state index in [2.05, 4.69) is 28.1 Å². The first-order chi connectivity index (χ1) is 9.66. The molecule has 1 atom stereocenters. The first-order valence-corrected chi connectivity index (χ1v) is 7.32. The van der Waals surface area contributed by atoms with Gasteiger partial charge in [-0.2, -0.15) is 0 Å². The maximum atomic E-state index is 12.8. The molecular weight excluding hydrogens is 314 g/mol. The topological polar surface area (TPSA) is 20.3 Å². The van der Waals surface area contributed by atoms with Gasteiger partial charge >= 0.3 is 0 Å². The summed E-state index contributed by atoms with van der Waals surface area (Å²) >= 11 is 3.48. The van der Waals surface area contributed by atoms with E-state index in [1.54, 1.807) is 0 Å². The Labute approximate surface area is 126 Å². The van der Waals surface area contributed by atoms with Crippen LogP contribution in [0.1, 0.15) is 22.8 Å². The number of anilines is 1. The third-order valence-electron chi connectivity index (χ3n) is 3.45. The van der Waals surface area contributed by atoms with Gasteiger partial charge in [0, 0.05) is 10.0 Å². The Morgan fingerprint density at radius 1 is 1.15 bits per heavy atom. The highest BCUT2D eigenvalue weighted by Crippen LogP contribution is 2.32. The van der Waals surface area contributed by atoms with Crippen LogP contribution in [0.15, 0.2) is 59.1 Å². The van der Waals surface area contributed by atoms with Gasteiger partial charge < -0.3 is 4.90 Å². The highest BCUT2D eigenvalue weighted by molar-refractivity contribution is 9.10. The molecule has 1 aliphatic rings. The van der Waals surface area contributed by atoms with Crippen LogP contribution >= 0.6 is 15.9 Å². The van der Waals surface area contributed by atoms with E-state index < -0.39 is 0 Å². The largest absolute Gasteiger partial charge is 0.301 e. The second kappa shape index (κ2) is 5.25. The Morgan fingerprint density at radius 3 is 2.65 bits per heavy atom. The van der Waals surface area contributed by atoms with E-state index in [1.807, 2.05) is 60.4 Å². The Morgan fingerprint density at radius 2 is 1.90 bits per heavy atom. The van der Waals surface area contributed by atoms with Crippen molar-refractivity contribution in [2.75, 3.05) is 4.90 Å². The summed E-state index contributed by atoms with van der Waals surface area (Å²) in [6, 6.07) is 15.5. The molecule has 1 aliphatic heterocycles. The molecule has 0 saturated carbocycles. The molecule has 0 fully saturated rings. The van der Waals surface area contributed by atoms with Crippen LogP contribution in [0, 0.1) is 0 Å². The molecule has 20 heavy (non-hydrogen) atoms. The first kappa shape index (κ1) is 13.1. The quantitative estimate of drug-likeness (QED) is 0.754. The van der Waals surface area contributed by atoms with Gasteiger partial charge in [0.1, 0.15) is 0 Å². The third-order valence-corrected chi connectivity index (χ3v) is 3.95. The van der Waals surface area contributed by atoms with Crippen molar-refractivity contribution in [2.24, 2.45) is 0 Å². The molecule has 0 radical (unpaired) electrons. The number of carbonyl (C=O) groups is 1. The molecule has 100 valence electrons. The van der Waals surface area contributed by atoms with Crippen molar-refractivity contribution in [3.63, 3.8) is 0 Å². The zero-order valence-electron chi connectivity index (χ0n) is 11.1. The summed E-state index contributed by atoms with van der Waals surface area (Å²) < 4.78 is 0.976. The van der Waals surface area contributed by atoms with Gasteiger partial charge in [-0.25, -0.2) is 0 Å². The van der Waals surface area contributed by atoms with E-state index in [0.29, 0.717) is 5.56 Å². The van der Waals surface area contributed by atoms with E-state index in [-0.39, 0.29) is 11.9 Å². The van der Waals surface area contributed by atoms with Crippen molar-refractivity contribution in [1.29, 1.82) is 0 Å². The van der Waals surface area contributed by atoms with Crippen molar-refractivity contribution >= 4 is 33.6 Å². The van der Waals surface area contributed by atoms with Crippen LogP contribution < -0.4 is 4.90 Å². The first-order valence-electron chi connectivity index (χ1n) is 6.53. The number of nitrogens with zero attached hydrogens (tertiary/aromatic N) is 1. The number of benzene rings is 2. The van der Waals surface area contributed by atoms with Gasteiger partial charge in [0.25, 0.3) is 5.91 Å². The molecule has 0 N–H and O–H groups in total. The predicted octanol–water partition coefficient (Wildman–Crippen LogP) is 4.51. The maximum Gasteiger partial charge on any atom is 0.258 e. The van der Waals surface area contributed by atoms with Crippen LogP contribution in [0.25, 0.3) is 6.08 Å². The summed E-state index contributed by atoms with van der Waals surface area (Å²) in [6.07, 6.45) is 4.12. The van der Waals surface area contributed by atoms with Crippen LogP contribution in [0.4, 0.5) is 5.69 Å². The SMILES string of the molecule is CC1C=Cc2ccc(Br)cc2N1C(=O)c1ccccc1. The van der Waals surface area contributed by atoms with Crippen LogP contribution in [-0.2, 0) is 0 Å². The van der Waals surface area contributed by atoms with E-state index in [1.165, 1.54) is 0 Å². The van der Waals surface area contributed by atoms with Gasteiger partial charge in [-0.15, -0.1) is 0 Å². The van der Waals surface area contributed by atoms with Crippen molar-refractivity contribution in [3.05, 3.63) is 70.2 Å². The number of carbonyl (C=O) groups excluding carboxylic acids is 1. The number of fused-ring (bicyclic) bond motifs is 1. The van der Waals surface area contributed by atoms with Crippen molar-refractivity contribution in [2.45, 2.75) is 13.0 Å². The van der Waals surface area contributed by atoms with Crippen LogP contribution in [0.5, 0.6) is 0 Å². The van der Waals surface area contributed by atoms with Crippen LogP contribution in [-0.4, -0.2) is 11.9 Å². The minimum Gasteiger partial charge on any atom is -0.301 e. The molecule has 2 nitrogen and oxygen atoms in total. The fourth-order valence-electron chi connectivity index (χ4n) is 2.43. The van der Waals surface area contributed by atoms with E-state index >= 15 is 0 Å². The van der Waals surface area contributed by atoms with Crippen LogP contribution in [0.3, 0.4) is 0 Å². The Balaban J connectivity index is 2.07. The predicted molar refractivity (Wildman–Crippen MR) is 85.9 cm³/mol. The number of hydrogen-bond acceptors (Lipinski definition) is 1. The molecule has 1 unspecified atom stereocenters. The zero-order chi connectivity index (χ0) is 14.1. The number of amides is 1. The van der Waals surface area contributed by atoms with Gasteiger partial charge in [-0.1, -0.05) is 52.3 Å². The lowest BCUT2D eigenvalue weighted by atomic mass is 10.0. The summed E-state index contributed by atoms with van der Waals surface area (Å²) in [6.45, 7) is 2.03. The zero-order valence-corrected chi connectivity index (χ0v) is 12.7. The summed E-state index contributed by atoms with van der Waals surface area (Å²) in [4.78, 5) is 14.6.